The summed E-state index contributed by atoms with van der Waals surface area (Å²) in [5.41, 5.74) is 2.26. The highest BCUT2D eigenvalue weighted by Gasteiger charge is 2.14. The van der Waals surface area contributed by atoms with Gasteiger partial charge in [0.15, 0.2) is 0 Å². The molecule has 1 aliphatic rings. The van der Waals surface area contributed by atoms with Crippen LogP contribution in [0.4, 0.5) is 5.69 Å². The molecule has 0 fully saturated rings. The Morgan fingerprint density at radius 1 is 1.50 bits per heavy atom. The van der Waals surface area contributed by atoms with Gasteiger partial charge >= 0.3 is 0 Å². The molecule has 1 aromatic carbocycles. The van der Waals surface area contributed by atoms with Crippen LogP contribution in [0.15, 0.2) is 23.1 Å². The molecule has 0 aromatic heterocycles. The van der Waals surface area contributed by atoms with Gasteiger partial charge in [-0.05, 0) is 44.1 Å². The average molecular weight is 236 g/mol. The first-order chi connectivity index (χ1) is 7.79. The first-order valence-corrected chi connectivity index (χ1v) is 6.48. The second-order valence-corrected chi connectivity index (χ2v) is 4.89. The number of fused-ring (bicyclic) bond motifs is 1. The van der Waals surface area contributed by atoms with Gasteiger partial charge in [-0.2, -0.15) is 0 Å². The Hall–Kier alpha value is -1.000. The second-order valence-electron chi connectivity index (χ2n) is 3.87. The SMILES string of the molecule is CNCCCc1ccc2c(c1)NC(=O)CS2. The molecule has 0 unspecified atom stereocenters. The highest BCUT2D eigenvalue weighted by atomic mass is 32.2. The molecule has 0 bridgehead atoms. The molecule has 1 amide bonds. The van der Waals surface area contributed by atoms with Gasteiger partial charge in [0.05, 0.1) is 11.4 Å². The summed E-state index contributed by atoms with van der Waals surface area (Å²) in [5.74, 6) is 0.636. The molecule has 1 aromatic rings. The van der Waals surface area contributed by atoms with Crippen molar-refractivity contribution >= 4 is 23.4 Å². The van der Waals surface area contributed by atoms with Gasteiger partial charge in [0, 0.05) is 4.90 Å². The van der Waals surface area contributed by atoms with Gasteiger partial charge in [0.1, 0.15) is 0 Å². The van der Waals surface area contributed by atoms with E-state index in [1.807, 2.05) is 7.05 Å². The third kappa shape index (κ3) is 2.77. The summed E-state index contributed by atoms with van der Waals surface area (Å²) in [6, 6.07) is 6.35. The first-order valence-electron chi connectivity index (χ1n) is 5.50. The summed E-state index contributed by atoms with van der Waals surface area (Å²) >= 11 is 1.61. The normalized spacial score (nSPS) is 14.4. The summed E-state index contributed by atoms with van der Waals surface area (Å²) < 4.78 is 0. The minimum atomic E-state index is 0.102. The molecule has 86 valence electrons. The molecule has 0 saturated carbocycles. The molecular weight excluding hydrogens is 220 g/mol. The van der Waals surface area contributed by atoms with Gasteiger partial charge in [0.2, 0.25) is 5.91 Å². The van der Waals surface area contributed by atoms with E-state index in [4.69, 9.17) is 0 Å². The van der Waals surface area contributed by atoms with E-state index in [9.17, 15) is 4.79 Å². The number of hydrogen-bond acceptors (Lipinski definition) is 3. The Bertz CT molecular complexity index is 393. The molecule has 2 rings (SSSR count). The molecule has 4 heteroatoms. The Labute approximate surface area is 100.0 Å². The van der Waals surface area contributed by atoms with E-state index in [-0.39, 0.29) is 5.91 Å². The Kier molecular flexibility index (Phi) is 3.85. The Balaban J connectivity index is 2.06. The van der Waals surface area contributed by atoms with Gasteiger partial charge in [-0.3, -0.25) is 4.79 Å². The number of thioether (sulfide) groups is 1. The zero-order valence-electron chi connectivity index (χ0n) is 9.38. The number of carbonyl (C=O) groups is 1. The minimum absolute atomic E-state index is 0.102. The third-order valence-corrected chi connectivity index (χ3v) is 3.64. The van der Waals surface area contributed by atoms with Crippen LogP contribution < -0.4 is 10.6 Å². The summed E-state index contributed by atoms with van der Waals surface area (Å²) in [6.45, 7) is 1.03. The Morgan fingerprint density at radius 2 is 2.38 bits per heavy atom. The van der Waals surface area contributed by atoms with Crippen molar-refractivity contribution < 1.29 is 4.79 Å². The van der Waals surface area contributed by atoms with E-state index < -0.39 is 0 Å². The van der Waals surface area contributed by atoms with Crippen LogP contribution in [0.25, 0.3) is 0 Å². The highest BCUT2D eigenvalue weighted by molar-refractivity contribution is 8.00. The molecule has 3 nitrogen and oxygen atoms in total. The van der Waals surface area contributed by atoms with E-state index in [2.05, 4.69) is 28.8 Å². The average Bonchev–Trinajstić information content (AvgIpc) is 2.29. The third-order valence-electron chi connectivity index (χ3n) is 2.57. The maximum absolute atomic E-state index is 11.3. The molecule has 1 heterocycles. The lowest BCUT2D eigenvalue weighted by Crippen LogP contribution is -2.18. The van der Waals surface area contributed by atoms with Crippen LogP contribution in [0.5, 0.6) is 0 Å². The monoisotopic (exact) mass is 236 g/mol. The molecule has 0 saturated heterocycles. The van der Waals surface area contributed by atoms with Crippen molar-refractivity contribution in [1.29, 1.82) is 0 Å². The fourth-order valence-corrected chi connectivity index (χ4v) is 2.54. The number of hydrogen-bond donors (Lipinski definition) is 2. The minimum Gasteiger partial charge on any atom is -0.324 e. The van der Waals surface area contributed by atoms with Crippen molar-refractivity contribution in [3.8, 4) is 0 Å². The van der Waals surface area contributed by atoms with Crippen LogP contribution in [-0.2, 0) is 11.2 Å². The number of anilines is 1. The molecule has 2 N–H and O–H groups in total. The van der Waals surface area contributed by atoms with Crippen molar-refractivity contribution in [3.05, 3.63) is 23.8 Å². The predicted molar refractivity (Wildman–Crippen MR) is 68.0 cm³/mol. The first kappa shape index (κ1) is 11.5. The lowest BCUT2D eigenvalue weighted by Gasteiger charge is -2.17. The summed E-state index contributed by atoms with van der Waals surface area (Å²) in [7, 11) is 1.96. The smallest absolute Gasteiger partial charge is 0.234 e. The summed E-state index contributed by atoms with van der Waals surface area (Å²) in [4.78, 5) is 12.4. The second kappa shape index (κ2) is 5.37. The van der Waals surface area contributed by atoms with Crippen LogP contribution >= 0.6 is 11.8 Å². The van der Waals surface area contributed by atoms with Crippen molar-refractivity contribution in [3.63, 3.8) is 0 Å². The molecule has 0 radical (unpaired) electrons. The predicted octanol–water partition coefficient (Wildman–Crippen LogP) is 1.88. The van der Waals surface area contributed by atoms with Crippen LogP contribution in [0, 0.1) is 0 Å². The van der Waals surface area contributed by atoms with E-state index >= 15 is 0 Å². The zero-order valence-corrected chi connectivity index (χ0v) is 10.2. The van der Waals surface area contributed by atoms with E-state index in [0.717, 1.165) is 25.1 Å². The molecular formula is C12H16N2OS. The number of aryl methyl sites for hydroxylation is 1. The summed E-state index contributed by atoms with van der Waals surface area (Å²) in [6.07, 6.45) is 2.17. The molecule has 16 heavy (non-hydrogen) atoms. The van der Waals surface area contributed by atoms with Gasteiger partial charge in [0.25, 0.3) is 0 Å². The zero-order chi connectivity index (χ0) is 11.4. The molecule has 0 atom stereocenters. The van der Waals surface area contributed by atoms with E-state index in [1.165, 1.54) is 10.5 Å². The van der Waals surface area contributed by atoms with Crippen LogP contribution in [0.2, 0.25) is 0 Å². The molecule has 0 spiro atoms. The number of amides is 1. The fourth-order valence-electron chi connectivity index (χ4n) is 1.76. The maximum atomic E-state index is 11.3. The van der Waals surface area contributed by atoms with Crippen molar-refractivity contribution in [2.24, 2.45) is 0 Å². The lowest BCUT2D eigenvalue weighted by molar-refractivity contribution is -0.113. The molecule has 1 aliphatic heterocycles. The number of rotatable bonds is 4. The number of nitrogens with one attached hydrogen (secondary N) is 2. The lowest BCUT2D eigenvalue weighted by atomic mass is 10.1. The number of benzene rings is 1. The standard InChI is InChI=1S/C12H16N2OS/c1-13-6-2-3-9-4-5-11-10(7-9)14-12(15)8-16-11/h4-5,7,13H,2-3,6,8H2,1H3,(H,14,15). The quantitative estimate of drug-likeness (QED) is 0.784. The maximum Gasteiger partial charge on any atom is 0.234 e. The number of carbonyl (C=O) groups excluding carboxylic acids is 1. The largest absolute Gasteiger partial charge is 0.324 e. The van der Waals surface area contributed by atoms with Gasteiger partial charge in [-0.15, -0.1) is 11.8 Å². The van der Waals surface area contributed by atoms with Crippen molar-refractivity contribution in [2.45, 2.75) is 17.7 Å². The highest BCUT2D eigenvalue weighted by Crippen LogP contribution is 2.32. The van der Waals surface area contributed by atoms with E-state index in [0.29, 0.717) is 5.75 Å². The Morgan fingerprint density at radius 3 is 3.19 bits per heavy atom. The van der Waals surface area contributed by atoms with Crippen LogP contribution in [-0.4, -0.2) is 25.3 Å². The van der Waals surface area contributed by atoms with E-state index in [1.54, 1.807) is 11.8 Å². The topological polar surface area (TPSA) is 41.1 Å². The molecule has 0 aliphatic carbocycles. The fraction of sp³-hybridized carbons (Fsp3) is 0.417. The summed E-state index contributed by atoms with van der Waals surface area (Å²) in [5, 5.41) is 6.05. The van der Waals surface area contributed by atoms with Gasteiger partial charge < -0.3 is 10.6 Å². The van der Waals surface area contributed by atoms with Gasteiger partial charge in [-0.1, -0.05) is 6.07 Å². The van der Waals surface area contributed by atoms with Gasteiger partial charge in [-0.25, -0.2) is 0 Å². The van der Waals surface area contributed by atoms with Crippen LogP contribution in [0.1, 0.15) is 12.0 Å². The van der Waals surface area contributed by atoms with Crippen molar-refractivity contribution in [1.82, 2.24) is 5.32 Å². The van der Waals surface area contributed by atoms with Crippen molar-refractivity contribution in [2.75, 3.05) is 24.7 Å². The van der Waals surface area contributed by atoms with Crippen LogP contribution in [0.3, 0.4) is 0 Å².